The van der Waals surface area contributed by atoms with Gasteiger partial charge in [0.1, 0.15) is 17.9 Å². The number of aryl methyl sites for hydroxylation is 1. The number of pyridine rings is 1. The second-order valence-corrected chi connectivity index (χ2v) is 7.41. The third-order valence-corrected chi connectivity index (χ3v) is 5.44. The molecular weight excluding hydrogens is 356 g/mol. The molecule has 0 aliphatic carbocycles. The summed E-state index contributed by atoms with van der Waals surface area (Å²) in [7, 11) is 2.12. The average Bonchev–Trinajstić information content (AvgIpc) is 3.05. The number of benzene rings is 3. The van der Waals surface area contributed by atoms with E-state index in [1.54, 1.807) is 0 Å². The summed E-state index contributed by atoms with van der Waals surface area (Å²) < 4.78 is 10.5. The number of nitrogens with zero attached hydrogens (tertiary/aromatic N) is 2. The van der Waals surface area contributed by atoms with Crippen molar-refractivity contribution in [3.8, 4) is 5.75 Å². The fourth-order valence-electron chi connectivity index (χ4n) is 3.89. The van der Waals surface area contributed by atoms with Crippen molar-refractivity contribution >= 4 is 21.8 Å². The zero-order valence-corrected chi connectivity index (χ0v) is 16.5. The molecule has 0 amide bonds. The van der Waals surface area contributed by atoms with Gasteiger partial charge >= 0.3 is 0 Å². The van der Waals surface area contributed by atoms with Crippen LogP contribution in [0.25, 0.3) is 21.8 Å². The van der Waals surface area contributed by atoms with Crippen molar-refractivity contribution in [1.29, 1.82) is 0 Å². The van der Waals surface area contributed by atoms with E-state index in [2.05, 4.69) is 95.3 Å². The second kappa shape index (κ2) is 7.44. The molecule has 29 heavy (non-hydrogen) atoms. The SMILES string of the molecule is Cn1c2cc(OCc3ccccc3)ccc2c2cc[n+](Cc3ccccc3)cc21. The van der Waals surface area contributed by atoms with E-state index in [4.69, 9.17) is 4.74 Å². The average molecular weight is 379 g/mol. The third kappa shape index (κ3) is 3.47. The molecule has 3 aromatic carbocycles. The molecule has 0 fully saturated rings. The van der Waals surface area contributed by atoms with Crippen LogP contribution in [-0.4, -0.2) is 4.57 Å². The first-order valence-corrected chi connectivity index (χ1v) is 9.90. The molecule has 0 aliphatic heterocycles. The molecule has 3 heteroatoms. The summed E-state index contributed by atoms with van der Waals surface area (Å²) in [5.41, 5.74) is 4.88. The molecule has 3 nitrogen and oxygen atoms in total. The fraction of sp³-hybridized carbons (Fsp3) is 0.115. The molecule has 2 heterocycles. The van der Waals surface area contributed by atoms with Gasteiger partial charge in [-0.3, -0.25) is 0 Å². The van der Waals surface area contributed by atoms with Gasteiger partial charge in [-0.25, -0.2) is 0 Å². The van der Waals surface area contributed by atoms with Crippen LogP contribution in [0.15, 0.2) is 97.3 Å². The number of aromatic nitrogens is 2. The topological polar surface area (TPSA) is 18.0 Å². The van der Waals surface area contributed by atoms with Crippen LogP contribution in [0.3, 0.4) is 0 Å². The van der Waals surface area contributed by atoms with E-state index in [-0.39, 0.29) is 0 Å². The van der Waals surface area contributed by atoms with Crippen molar-refractivity contribution in [2.24, 2.45) is 7.05 Å². The number of fused-ring (bicyclic) bond motifs is 3. The molecule has 0 aliphatic rings. The highest BCUT2D eigenvalue weighted by Gasteiger charge is 2.13. The standard InChI is InChI=1S/C26H23N2O/c1-27-25-16-22(29-19-21-10-6-3-7-11-21)12-13-23(25)24-14-15-28(18-26(24)27)17-20-8-4-2-5-9-20/h2-16,18H,17,19H2,1H3/q+1. The molecular formula is C26H23N2O+. The van der Waals surface area contributed by atoms with E-state index in [0.717, 1.165) is 12.3 Å². The molecule has 0 saturated carbocycles. The molecule has 0 atom stereocenters. The molecule has 0 saturated heterocycles. The van der Waals surface area contributed by atoms with E-state index in [9.17, 15) is 0 Å². The summed E-state index contributed by atoms with van der Waals surface area (Å²) in [6.45, 7) is 1.44. The lowest BCUT2D eigenvalue weighted by molar-refractivity contribution is -0.687. The van der Waals surface area contributed by atoms with Gasteiger partial charge in [-0.1, -0.05) is 60.7 Å². The van der Waals surface area contributed by atoms with Crippen molar-refractivity contribution in [3.05, 3.63) is 108 Å². The Balaban J connectivity index is 1.47. The quantitative estimate of drug-likeness (QED) is 0.382. The molecule has 5 aromatic rings. The van der Waals surface area contributed by atoms with Gasteiger partial charge in [-0.15, -0.1) is 0 Å². The Morgan fingerprint density at radius 2 is 1.45 bits per heavy atom. The van der Waals surface area contributed by atoms with E-state index in [0.29, 0.717) is 6.61 Å². The lowest BCUT2D eigenvalue weighted by Gasteiger charge is -2.07. The number of ether oxygens (including phenoxy) is 1. The normalized spacial score (nSPS) is 11.2. The van der Waals surface area contributed by atoms with Gasteiger partial charge in [0.15, 0.2) is 18.9 Å². The fourth-order valence-corrected chi connectivity index (χ4v) is 3.89. The van der Waals surface area contributed by atoms with Crippen molar-refractivity contribution in [1.82, 2.24) is 4.57 Å². The summed E-state index contributed by atoms with van der Waals surface area (Å²) in [6.07, 6.45) is 4.39. The number of hydrogen-bond donors (Lipinski definition) is 0. The Kier molecular flexibility index (Phi) is 4.49. The van der Waals surface area contributed by atoms with Gasteiger partial charge in [0.2, 0.25) is 0 Å². The zero-order chi connectivity index (χ0) is 19.6. The highest BCUT2D eigenvalue weighted by Crippen LogP contribution is 2.30. The minimum absolute atomic E-state index is 0.577. The van der Waals surface area contributed by atoms with E-state index >= 15 is 0 Å². The minimum atomic E-state index is 0.577. The number of rotatable bonds is 5. The van der Waals surface area contributed by atoms with Crippen LogP contribution >= 0.6 is 0 Å². The van der Waals surface area contributed by atoms with Crippen LogP contribution < -0.4 is 9.30 Å². The Morgan fingerprint density at radius 1 is 0.759 bits per heavy atom. The van der Waals surface area contributed by atoms with Crippen molar-refractivity contribution in [2.75, 3.05) is 0 Å². The largest absolute Gasteiger partial charge is 0.489 e. The predicted molar refractivity (Wildman–Crippen MR) is 117 cm³/mol. The van der Waals surface area contributed by atoms with Gasteiger partial charge in [-0.05, 0) is 17.7 Å². The summed E-state index contributed by atoms with van der Waals surface area (Å²) in [5, 5.41) is 2.52. The second-order valence-electron chi connectivity index (χ2n) is 7.41. The Labute approximate surface area is 170 Å². The first kappa shape index (κ1) is 17.5. The van der Waals surface area contributed by atoms with E-state index in [1.165, 1.54) is 32.9 Å². The highest BCUT2D eigenvalue weighted by atomic mass is 16.5. The van der Waals surface area contributed by atoms with E-state index < -0.39 is 0 Å². The molecule has 2 aromatic heterocycles. The lowest BCUT2D eigenvalue weighted by atomic mass is 10.2. The van der Waals surface area contributed by atoms with Crippen LogP contribution in [0.2, 0.25) is 0 Å². The van der Waals surface area contributed by atoms with Crippen LogP contribution in [0.1, 0.15) is 11.1 Å². The monoisotopic (exact) mass is 379 g/mol. The number of hydrogen-bond acceptors (Lipinski definition) is 1. The summed E-state index contributed by atoms with van der Waals surface area (Å²) in [5.74, 6) is 0.893. The maximum atomic E-state index is 6.04. The molecule has 142 valence electrons. The van der Waals surface area contributed by atoms with Gasteiger partial charge in [0.05, 0.1) is 5.52 Å². The Morgan fingerprint density at radius 3 is 2.21 bits per heavy atom. The summed E-state index contributed by atoms with van der Waals surface area (Å²) in [4.78, 5) is 0. The van der Waals surface area contributed by atoms with Gasteiger partial charge < -0.3 is 9.30 Å². The summed E-state index contributed by atoms with van der Waals surface area (Å²) >= 11 is 0. The molecule has 0 N–H and O–H groups in total. The maximum absolute atomic E-state index is 6.04. The van der Waals surface area contributed by atoms with Crippen molar-refractivity contribution in [2.45, 2.75) is 13.2 Å². The molecule has 0 unspecified atom stereocenters. The molecule has 0 bridgehead atoms. The molecule has 5 rings (SSSR count). The minimum Gasteiger partial charge on any atom is -0.489 e. The first-order valence-electron chi connectivity index (χ1n) is 9.90. The zero-order valence-electron chi connectivity index (χ0n) is 16.5. The van der Waals surface area contributed by atoms with Crippen molar-refractivity contribution < 1.29 is 9.30 Å². The predicted octanol–water partition coefficient (Wildman–Crippen LogP) is 5.25. The Hall–Kier alpha value is -3.59. The van der Waals surface area contributed by atoms with E-state index in [1.807, 2.05) is 18.2 Å². The van der Waals surface area contributed by atoms with Crippen molar-refractivity contribution in [3.63, 3.8) is 0 Å². The lowest BCUT2D eigenvalue weighted by Crippen LogP contribution is -2.33. The van der Waals surface area contributed by atoms with Crippen LogP contribution in [0.4, 0.5) is 0 Å². The maximum Gasteiger partial charge on any atom is 0.193 e. The van der Waals surface area contributed by atoms with Crippen LogP contribution in [0.5, 0.6) is 5.75 Å². The Bertz CT molecular complexity index is 1270. The summed E-state index contributed by atoms with van der Waals surface area (Å²) in [6, 6.07) is 29.4. The van der Waals surface area contributed by atoms with Crippen LogP contribution in [0, 0.1) is 0 Å². The van der Waals surface area contributed by atoms with Crippen LogP contribution in [-0.2, 0) is 20.2 Å². The highest BCUT2D eigenvalue weighted by molar-refractivity contribution is 6.07. The third-order valence-electron chi connectivity index (χ3n) is 5.44. The molecule has 0 spiro atoms. The molecule has 0 radical (unpaired) electrons. The smallest absolute Gasteiger partial charge is 0.193 e. The van der Waals surface area contributed by atoms with Gasteiger partial charge in [-0.2, -0.15) is 4.57 Å². The van der Waals surface area contributed by atoms with Gasteiger partial charge in [0, 0.05) is 35.5 Å². The first-order chi connectivity index (χ1) is 14.3. The van der Waals surface area contributed by atoms with Gasteiger partial charge in [0.25, 0.3) is 0 Å².